The topological polar surface area (TPSA) is 61.1 Å². The Morgan fingerprint density at radius 1 is 1.60 bits per heavy atom. The molecule has 0 spiro atoms. The zero-order valence-corrected chi connectivity index (χ0v) is 9.84. The Morgan fingerprint density at radius 3 is 2.67 bits per heavy atom. The van der Waals surface area contributed by atoms with E-state index in [9.17, 15) is 4.79 Å². The number of carboxylic acids is 1. The van der Waals surface area contributed by atoms with Crippen molar-refractivity contribution in [3.8, 4) is 6.07 Å². The van der Waals surface area contributed by atoms with Crippen LogP contribution in [0.5, 0.6) is 0 Å². The largest absolute Gasteiger partial charge is 0.478 e. The number of carboxylic acid groups (broad SMARTS) is 1. The molecule has 15 heavy (non-hydrogen) atoms. The van der Waals surface area contributed by atoms with Gasteiger partial charge in [0.2, 0.25) is 0 Å². The highest BCUT2D eigenvalue weighted by atomic mass is 79.9. The fourth-order valence-corrected chi connectivity index (χ4v) is 1.99. The molecule has 3 nitrogen and oxygen atoms in total. The van der Waals surface area contributed by atoms with Crippen molar-refractivity contribution in [1.82, 2.24) is 0 Å². The van der Waals surface area contributed by atoms with Gasteiger partial charge in [0.15, 0.2) is 0 Å². The van der Waals surface area contributed by atoms with Gasteiger partial charge in [-0.25, -0.2) is 4.79 Å². The molecule has 1 N–H and O–H groups in total. The quantitative estimate of drug-likeness (QED) is 0.857. The molecule has 0 aliphatic heterocycles. The Morgan fingerprint density at radius 2 is 2.27 bits per heavy atom. The number of hydrogen-bond donors (Lipinski definition) is 1. The van der Waals surface area contributed by atoms with Crippen molar-refractivity contribution in [3.05, 3.63) is 34.4 Å². The highest BCUT2D eigenvalue weighted by molar-refractivity contribution is 9.08. The number of benzene rings is 1. The molecule has 0 bridgehead atoms. The van der Waals surface area contributed by atoms with Crippen molar-refractivity contribution in [2.75, 3.05) is 0 Å². The number of nitrogens with zero attached hydrogens (tertiary/aromatic N) is 1. The maximum absolute atomic E-state index is 10.8. The van der Waals surface area contributed by atoms with Gasteiger partial charge in [-0.05, 0) is 29.7 Å². The van der Waals surface area contributed by atoms with Crippen molar-refractivity contribution >= 4 is 21.9 Å². The van der Waals surface area contributed by atoms with Gasteiger partial charge in [-0.2, -0.15) is 5.26 Å². The van der Waals surface area contributed by atoms with Gasteiger partial charge in [0.1, 0.15) is 0 Å². The van der Waals surface area contributed by atoms with Crippen molar-refractivity contribution in [2.24, 2.45) is 0 Å². The summed E-state index contributed by atoms with van der Waals surface area (Å²) in [5, 5.41) is 18.3. The molecule has 4 heteroatoms. The minimum Gasteiger partial charge on any atom is -0.478 e. The van der Waals surface area contributed by atoms with Crippen LogP contribution in [0.1, 0.15) is 34.0 Å². The summed E-state index contributed by atoms with van der Waals surface area (Å²) in [6, 6.07) is 5.06. The molecule has 0 unspecified atom stereocenters. The lowest BCUT2D eigenvalue weighted by atomic mass is 9.97. The Bertz CT molecular complexity index is 435. The number of halogens is 1. The summed E-state index contributed by atoms with van der Waals surface area (Å²) in [6.45, 7) is 1.95. The molecule has 0 aliphatic rings. The average Bonchev–Trinajstić information content (AvgIpc) is 2.26. The van der Waals surface area contributed by atoms with E-state index in [0.717, 1.165) is 17.5 Å². The number of nitriles is 1. The lowest BCUT2D eigenvalue weighted by Gasteiger charge is -2.08. The molecule has 0 saturated carbocycles. The molecule has 1 rings (SSSR count). The Balaban J connectivity index is 3.44. The zero-order chi connectivity index (χ0) is 11.4. The van der Waals surface area contributed by atoms with Crippen LogP contribution in [-0.4, -0.2) is 11.1 Å². The van der Waals surface area contributed by atoms with Gasteiger partial charge in [0.25, 0.3) is 0 Å². The fraction of sp³-hybridized carbons (Fsp3) is 0.273. The number of hydrogen-bond acceptors (Lipinski definition) is 2. The summed E-state index contributed by atoms with van der Waals surface area (Å²) in [7, 11) is 0. The Hall–Kier alpha value is -1.34. The van der Waals surface area contributed by atoms with Crippen LogP contribution in [0.25, 0.3) is 0 Å². The molecule has 0 atom stereocenters. The summed E-state index contributed by atoms with van der Waals surface area (Å²) in [5.74, 6) is -1.00. The zero-order valence-electron chi connectivity index (χ0n) is 8.25. The van der Waals surface area contributed by atoms with Gasteiger partial charge < -0.3 is 5.11 Å². The standard InChI is InChI=1S/C11H10BrNO2/c1-2-10-8(5-12)3-7(11(14)15)4-9(10)6-13/h3-4H,2,5H2,1H3,(H,14,15). The smallest absolute Gasteiger partial charge is 0.335 e. The van der Waals surface area contributed by atoms with Crippen LogP contribution in [0.15, 0.2) is 12.1 Å². The molecule has 78 valence electrons. The van der Waals surface area contributed by atoms with Gasteiger partial charge in [-0.15, -0.1) is 0 Å². The second-order valence-corrected chi connectivity index (χ2v) is 3.63. The highest BCUT2D eigenvalue weighted by Gasteiger charge is 2.12. The predicted molar refractivity (Wildman–Crippen MR) is 60.1 cm³/mol. The van der Waals surface area contributed by atoms with E-state index in [2.05, 4.69) is 15.9 Å². The van der Waals surface area contributed by atoms with E-state index in [1.54, 1.807) is 6.07 Å². The normalized spacial score (nSPS) is 9.67. The average molecular weight is 268 g/mol. The first-order chi connectivity index (χ1) is 7.13. The van der Waals surface area contributed by atoms with E-state index >= 15 is 0 Å². The molecule has 0 heterocycles. The second-order valence-electron chi connectivity index (χ2n) is 3.07. The van der Waals surface area contributed by atoms with E-state index in [-0.39, 0.29) is 5.56 Å². The van der Waals surface area contributed by atoms with E-state index < -0.39 is 5.97 Å². The van der Waals surface area contributed by atoms with E-state index in [1.165, 1.54) is 6.07 Å². The van der Waals surface area contributed by atoms with Crippen LogP contribution in [-0.2, 0) is 11.8 Å². The summed E-state index contributed by atoms with van der Waals surface area (Å²) >= 11 is 3.29. The molecule has 1 aromatic carbocycles. The maximum atomic E-state index is 10.8. The van der Waals surface area contributed by atoms with Crippen LogP contribution in [0.4, 0.5) is 0 Å². The molecule has 1 aromatic rings. The lowest BCUT2D eigenvalue weighted by Crippen LogP contribution is -2.02. The van der Waals surface area contributed by atoms with Crippen molar-refractivity contribution in [1.29, 1.82) is 5.26 Å². The molecule has 0 aromatic heterocycles. The minimum atomic E-state index is -1.00. The van der Waals surface area contributed by atoms with Crippen LogP contribution < -0.4 is 0 Å². The van der Waals surface area contributed by atoms with Crippen LogP contribution >= 0.6 is 15.9 Å². The monoisotopic (exact) mass is 267 g/mol. The molecular weight excluding hydrogens is 258 g/mol. The van der Waals surface area contributed by atoms with Gasteiger partial charge in [-0.1, -0.05) is 22.9 Å². The molecule has 0 aliphatic carbocycles. The summed E-state index contributed by atoms with van der Waals surface area (Å²) in [6.07, 6.45) is 0.726. The molecule has 0 saturated heterocycles. The first-order valence-corrected chi connectivity index (χ1v) is 5.61. The van der Waals surface area contributed by atoms with Gasteiger partial charge in [-0.3, -0.25) is 0 Å². The molecule has 0 amide bonds. The van der Waals surface area contributed by atoms with Crippen LogP contribution in [0, 0.1) is 11.3 Å². The minimum absolute atomic E-state index is 0.165. The SMILES string of the molecule is CCc1c(C#N)cc(C(=O)O)cc1CBr. The Labute approximate surface area is 96.5 Å². The molecule has 0 fully saturated rings. The van der Waals surface area contributed by atoms with Gasteiger partial charge in [0.05, 0.1) is 17.2 Å². The number of aromatic carboxylic acids is 1. The molecular formula is C11H10BrNO2. The third-order valence-corrected chi connectivity index (χ3v) is 2.81. The summed E-state index contributed by atoms with van der Waals surface area (Å²) in [5.41, 5.74) is 2.40. The van der Waals surface area contributed by atoms with Crippen LogP contribution in [0.3, 0.4) is 0 Å². The van der Waals surface area contributed by atoms with Crippen LogP contribution in [0.2, 0.25) is 0 Å². The summed E-state index contributed by atoms with van der Waals surface area (Å²) < 4.78 is 0. The van der Waals surface area contributed by atoms with Crippen molar-refractivity contribution in [3.63, 3.8) is 0 Å². The van der Waals surface area contributed by atoms with Crippen molar-refractivity contribution < 1.29 is 9.90 Å². The molecule has 0 radical (unpaired) electrons. The fourth-order valence-electron chi connectivity index (χ4n) is 1.49. The first-order valence-electron chi connectivity index (χ1n) is 4.49. The third kappa shape index (κ3) is 2.37. The predicted octanol–water partition coefficient (Wildman–Crippen LogP) is 2.71. The van der Waals surface area contributed by atoms with E-state index in [1.807, 2.05) is 13.0 Å². The van der Waals surface area contributed by atoms with E-state index in [4.69, 9.17) is 10.4 Å². The number of carbonyl (C=O) groups is 1. The maximum Gasteiger partial charge on any atom is 0.335 e. The third-order valence-electron chi connectivity index (χ3n) is 2.21. The second kappa shape index (κ2) is 4.94. The first kappa shape index (κ1) is 11.7. The van der Waals surface area contributed by atoms with Gasteiger partial charge in [0, 0.05) is 5.33 Å². The lowest BCUT2D eigenvalue weighted by molar-refractivity contribution is 0.0696. The number of alkyl halides is 1. The van der Waals surface area contributed by atoms with E-state index in [0.29, 0.717) is 10.9 Å². The number of rotatable bonds is 3. The highest BCUT2D eigenvalue weighted by Crippen LogP contribution is 2.20. The Kier molecular flexibility index (Phi) is 3.87. The van der Waals surface area contributed by atoms with Gasteiger partial charge >= 0.3 is 5.97 Å². The summed E-state index contributed by atoms with van der Waals surface area (Å²) in [4.78, 5) is 10.8. The van der Waals surface area contributed by atoms with Crippen molar-refractivity contribution in [2.45, 2.75) is 18.7 Å².